The first-order valence-corrected chi connectivity index (χ1v) is 8.29. The monoisotopic (exact) mass is 380 g/mol. The second-order valence-corrected chi connectivity index (χ2v) is 6.37. The smallest absolute Gasteiger partial charge is 0.387 e. The fourth-order valence-corrected chi connectivity index (χ4v) is 3.18. The van der Waals surface area contributed by atoms with Crippen molar-refractivity contribution in [1.82, 2.24) is 4.98 Å². The van der Waals surface area contributed by atoms with Crippen LogP contribution in [0.4, 0.5) is 13.9 Å². The molecule has 0 radical (unpaired) electrons. The highest BCUT2D eigenvalue weighted by Crippen LogP contribution is 2.28. The zero-order valence-corrected chi connectivity index (χ0v) is 14.2. The normalized spacial score (nSPS) is 11.4. The van der Waals surface area contributed by atoms with Gasteiger partial charge in [0.05, 0.1) is 10.2 Å². The minimum Gasteiger partial charge on any atom is -0.435 e. The van der Waals surface area contributed by atoms with E-state index in [1.807, 2.05) is 0 Å². The van der Waals surface area contributed by atoms with Crippen molar-refractivity contribution in [1.29, 1.82) is 0 Å². The van der Waals surface area contributed by atoms with Crippen LogP contribution in [-0.2, 0) is 4.79 Å². The molecule has 0 saturated carbocycles. The van der Waals surface area contributed by atoms with Crippen molar-refractivity contribution < 1.29 is 18.3 Å². The predicted molar refractivity (Wildman–Crippen MR) is 95.4 cm³/mol. The molecule has 128 valence electrons. The van der Waals surface area contributed by atoms with E-state index in [2.05, 4.69) is 15.0 Å². The number of thiazole rings is 1. The van der Waals surface area contributed by atoms with Crippen molar-refractivity contribution in [3.63, 3.8) is 0 Å². The topological polar surface area (TPSA) is 51.2 Å². The van der Waals surface area contributed by atoms with E-state index in [0.717, 1.165) is 10.2 Å². The molecule has 1 aromatic heterocycles. The van der Waals surface area contributed by atoms with Gasteiger partial charge in [0.25, 0.3) is 0 Å². The zero-order chi connectivity index (χ0) is 17.8. The lowest BCUT2D eigenvalue weighted by Crippen LogP contribution is -2.07. The number of halogens is 3. The van der Waals surface area contributed by atoms with Gasteiger partial charge in [-0.05, 0) is 42.0 Å². The minimum absolute atomic E-state index is 0.0599. The summed E-state index contributed by atoms with van der Waals surface area (Å²) in [4.78, 5) is 16.3. The third-order valence-electron chi connectivity index (χ3n) is 3.11. The van der Waals surface area contributed by atoms with E-state index in [1.165, 1.54) is 29.5 Å². The van der Waals surface area contributed by atoms with Gasteiger partial charge in [0.2, 0.25) is 5.91 Å². The summed E-state index contributed by atoms with van der Waals surface area (Å²) in [6.07, 6.45) is 2.90. The van der Waals surface area contributed by atoms with Crippen molar-refractivity contribution in [3.8, 4) is 5.75 Å². The Balaban J connectivity index is 1.63. The Hall–Kier alpha value is -2.51. The van der Waals surface area contributed by atoms with Crippen LogP contribution < -0.4 is 10.1 Å². The van der Waals surface area contributed by atoms with Crippen LogP contribution in [0.25, 0.3) is 16.3 Å². The SMILES string of the molecule is O=C(/C=C/c1ccc(OC(F)F)cc1)Nc1nc2ccc(Cl)cc2s1. The Kier molecular flexibility index (Phi) is 5.25. The molecule has 0 bridgehead atoms. The van der Waals surface area contributed by atoms with Gasteiger partial charge in [-0.15, -0.1) is 0 Å². The van der Waals surface area contributed by atoms with E-state index in [9.17, 15) is 13.6 Å². The number of fused-ring (bicyclic) bond motifs is 1. The number of hydrogen-bond donors (Lipinski definition) is 1. The van der Waals surface area contributed by atoms with Crippen LogP contribution in [0.3, 0.4) is 0 Å². The maximum absolute atomic E-state index is 12.1. The molecule has 25 heavy (non-hydrogen) atoms. The number of anilines is 1. The average molecular weight is 381 g/mol. The standard InChI is InChI=1S/C17H11ClF2N2O2S/c18-11-4-7-13-14(9-11)25-17(21-13)22-15(23)8-3-10-1-5-12(6-2-10)24-16(19)20/h1-9,16H,(H,21,22,23)/b8-3+. The quantitative estimate of drug-likeness (QED) is 0.619. The van der Waals surface area contributed by atoms with Crippen LogP contribution in [-0.4, -0.2) is 17.5 Å². The summed E-state index contributed by atoms with van der Waals surface area (Å²) in [5.41, 5.74) is 1.43. The van der Waals surface area contributed by atoms with Crippen LogP contribution in [0.5, 0.6) is 5.75 Å². The molecule has 1 heterocycles. The number of alkyl halides is 2. The molecule has 0 fully saturated rings. The third kappa shape index (κ3) is 4.74. The molecule has 3 aromatic rings. The fourth-order valence-electron chi connectivity index (χ4n) is 2.03. The first-order valence-electron chi connectivity index (χ1n) is 7.09. The molecular formula is C17H11ClF2N2O2S. The highest BCUT2D eigenvalue weighted by atomic mass is 35.5. The number of ether oxygens (including phenoxy) is 1. The lowest BCUT2D eigenvalue weighted by molar-refractivity contribution is -0.111. The van der Waals surface area contributed by atoms with Crippen molar-refractivity contribution in [2.24, 2.45) is 0 Å². The largest absolute Gasteiger partial charge is 0.435 e. The van der Waals surface area contributed by atoms with Crippen molar-refractivity contribution >= 4 is 50.3 Å². The summed E-state index contributed by atoms with van der Waals surface area (Å²) in [6.45, 7) is -2.86. The third-order valence-corrected chi connectivity index (χ3v) is 4.28. The van der Waals surface area contributed by atoms with Gasteiger partial charge in [-0.3, -0.25) is 10.1 Å². The van der Waals surface area contributed by atoms with Crippen molar-refractivity contribution in [3.05, 3.63) is 59.1 Å². The van der Waals surface area contributed by atoms with E-state index in [-0.39, 0.29) is 11.7 Å². The van der Waals surface area contributed by atoms with E-state index in [1.54, 1.807) is 36.4 Å². The molecule has 0 saturated heterocycles. The number of nitrogens with one attached hydrogen (secondary N) is 1. The molecule has 3 rings (SSSR count). The summed E-state index contributed by atoms with van der Waals surface area (Å²) in [5, 5.41) is 3.74. The number of aromatic nitrogens is 1. The molecule has 0 atom stereocenters. The fraction of sp³-hybridized carbons (Fsp3) is 0.0588. The first-order chi connectivity index (χ1) is 12.0. The van der Waals surface area contributed by atoms with E-state index < -0.39 is 6.61 Å². The minimum atomic E-state index is -2.86. The van der Waals surface area contributed by atoms with Crippen LogP contribution >= 0.6 is 22.9 Å². The Bertz CT molecular complexity index is 926. The van der Waals surface area contributed by atoms with Gasteiger partial charge in [0, 0.05) is 11.1 Å². The van der Waals surface area contributed by atoms with Crippen molar-refractivity contribution in [2.45, 2.75) is 6.61 Å². The number of nitrogens with zero attached hydrogens (tertiary/aromatic N) is 1. The number of hydrogen-bond acceptors (Lipinski definition) is 4. The molecule has 0 aliphatic carbocycles. The number of carbonyl (C=O) groups excluding carboxylic acids is 1. The molecular weight excluding hydrogens is 370 g/mol. The zero-order valence-electron chi connectivity index (χ0n) is 12.6. The van der Waals surface area contributed by atoms with E-state index >= 15 is 0 Å². The van der Waals surface area contributed by atoms with Gasteiger partial charge >= 0.3 is 6.61 Å². The molecule has 0 aliphatic rings. The van der Waals surface area contributed by atoms with Crippen molar-refractivity contribution in [2.75, 3.05) is 5.32 Å². The van der Waals surface area contributed by atoms with Gasteiger partial charge in [-0.2, -0.15) is 8.78 Å². The van der Waals surface area contributed by atoms with E-state index in [0.29, 0.717) is 15.7 Å². The highest BCUT2D eigenvalue weighted by Gasteiger charge is 2.06. The highest BCUT2D eigenvalue weighted by molar-refractivity contribution is 7.22. The molecule has 4 nitrogen and oxygen atoms in total. The van der Waals surface area contributed by atoms with Gasteiger partial charge in [-0.25, -0.2) is 4.98 Å². The lowest BCUT2D eigenvalue weighted by Gasteiger charge is -2.03. The van der Waals surface area contributed by atoms with Gasteiger partial charge in [0.1, 0.15) is 5.75 Å². The van der Waals surface area contributed by atoms with Gasteiger partial charge in [0.15, 0.2) is 5.13 Å². The second-order valence-electron chi connectivity index (χ2n) is 4.90. The predicted octanol–water partition coefficient (Wildman–Crippen LogP) is 5.20. The van der Waals surface area contributed by atoms with Crippen LogP contribution in [0.15, 0.2) is 48.5 Å². The lowest BCUT2D eigenvalue weighted by atomic mass is 10.2. The summed E-state index contributed by atoms with van der Waals surface area (Å²) < 4.78 is 29.3. The molecule has 1 N–H and O–H groups in total. The summed E-state index contributed by atoms with van der Waals surface area (Å²) in [6, 6.07) is 11.2. The first kappa shape index (κ1) is 17.3. The summed E-state index contributed by atoms with van der Waals surface area (Å²) in [7, 11) is 0. The number of amides is 1. The Labute approximate surface area is 150 Å². The number of rotatable bonds is 5. The number of benzene rings is 2. The van der Waals surface area contributed by atoms with Crippen LogP contribution in [0, 0.1) is 0 Å². The Morgan fingerprint density at radius 3 is 2.72 bits per heavy atom. The molecule has 0 spiro atoms. The van der Waals surface area contributed by atoms with Gasteiger partial charge < -0.3 is 4.74 Å². The average Bonchev–Trinajstić information content (AvgIpc) is 2.95. The maximum atomic E-state index is 12.1. The summed E-state index contributed by atoms with van der Waals surface area (Å²) in [5.74, 6) is -0.289. The molecule has 0 unspecified atom stereocenters. The summed E-state index contributed by atoms with van der Waals surface area (Å²) >= 11 is 7.24. The Morgan fingerprint density at radius 1 is 1.24 bits per heavy atom. The maximum Gasteiger partial charge on any atom is 0.387 e. The molecule has 1 amide bonds. The van der Waals surface area contributed by atoms with Crippen LogP contribution in [0.1, 0.15) is 5.56 Å². The van der Waals surface area contributed by atoms with Gasteiger partial charge in [-0.1, -0.05) is 35.1 Å². The Morgan fingerprint density at radius 2 is 2.00 bits per heavy atom. The second kappa shape index (κ2) is 7.58. The molecule has 2 aromatic carbocycles. The number of carbonyl (C=O) groups is 1. The molecule has 0 aliphatic heterocycles. The van der Waals surface area contributed by atoms with Crippen LogP contribution in [0.2, 0.25) is 5.02 Å². The van der Waals surface area contributed by atoms with E-state index in [4.69, 9.17) is 11.6 Å². The molecule has 8 heteroatoms.